The number of pyridine rings is 1. The first-order valence-corrected chi connectivity index (χ1v) is 12.4. The van der Waals surface area contributed by atoms with Gasteiger partial charge in [-0.1, -0.05) is 13.8 Å². The molecule has 1 aliphatic heterocycles. The first-order valence-electron chi connectivity index (χ1n) is 12.4. The second-order valence-corrected chi connectivity index (χ2v) is 9.68. The summed E-state index contributed by atoms with van der Waals surface area (Å²) in [7, 11) is 0. The Kier molecular flexibility index (Phi) is 7.90. The number of benzene rings is 2. The number of hydrogen-bond donors (Lipinski definition) is 1. The summed E-state index contributed by atoms with van der Waals surface area (Å²) >= 11 is 0. The first kappa shape index (κ1) is 26.6. The molecule has 1 unspecified atom stereocenters. The van der Waals surface area contributed by atoms with Crippen molar-refractivity contribution in [3.8, 4) is 5.75 Å². The molecule has 0 spiro atoms. The molecular formula is C30H30N2O6. The number of aromatic nitrogens is 1. The predicted molar refractivity (Wildman–Crippen MR) is 143 cm³/mol. The molecule has 196 valence electrons. The molecule has 0 aliphatic carbocycles. The molecule has 0 saturated carbocycles. The topological polar surface area (TPSA) is 106 Å². The van der Waals surface area contributed by atoms with E-state index in [9.17, 15) is 19.5 Å². The van der Waals surface area contributed by atoms with Crippen LogP contribution in [0.3, 0.4) is 0 Å². The number of aliphatic hydroxyl groups excluding tert-OH is 1. The highest BCUT2D eigenvalue weighted by Gasteiger charge is 2.47. The zero-order valence-corrected chi connectivity index (χ0v) is 21.8. The van der Waals surface area contributed by atoms with Gasteiger partial charge in [0.2, 0.25) is 0 Å². The minimum atomic E-state index is -0.900. The van der Waals surface area contributed by atoms with Crippen molar-refractivity contribution in [3.63, 3.8) is 0 Å². The summed E-state index contributed by atoms with van der Waals surface area (Å²) < 4.78 is 10.9. The summed E-state index contributed by atoms with van der Waals surface area (Å²) in [5.74, 6) is -1.39. The van der Waals surface area contributed by atoms with Crippen LogP contribution in [-0.4, -0.2) is 40.5 Å². The number of nitrogens with zero attached hydrogens (tertiary/aromatic N) is 2. The molecule has 8 nitrogen and oxygen atoms in total. The Hall–Kier alpha value is -4.46. The van der Waals surface area contributed by atoms with E-state index in [0.29, 0.717) is 40.7 Å². The van der Waals surface area contributed by atoms with Gasteiger partial charge in [-0.3, -0.25) is 19.5 Å². The summed E-state index contributed by atoms with van der Waals surface area (Å²) in [6.45, 7) is 8.15. The lowest BCUT2D eigenvalue weighted by molar-refractivity contribution is -0.132. The Balaban J connectivity index is 1.74. The molecule has 0 bridgehead atoms. The highest BCUT2D eigenvalue weighted by Crippen LogP contribution is 2.42. The molecule has 1 amide bonds. The number of anilines is 1. The van der Waals surface area contributed by atoms with Gasteiger partial charge in [0.25, 0.3) is 11.7 Å². The highest BCUT2D eigenvalue weighted by molar-refractivity contribution is 6.51. The zero-order chi connectivity index (χ0) is 27.4. The molecule has 0 radical (unpaired) electrons. The number of ketones is 1. The minimum absolute atomic E-state index is 0.0413. The predicted octanol–water partition coefficient (Wildman–Crippen LogP) is 5.31. The van der Waals surface area contributed by atoms with Gasteiger partial charge in [0, 0.05) is 23.6 Å². The summed E-state index contributed by atoms with van der Waals surface area (Å²) in [6.07, 6.45) is 2.84. The summed E-state index contributed by atoms with van der Waals surface area (Å²) in [4.78, 5) is 44.2. The van der Waals surface area contributed by atoms with Crippen molar-refractivity contribution in [2.75, 3.05) is 11.5 Å². The van der Waals surface area contributed by atoms with E-state index in [1.54, 1.807) is 86.9 Å². The van der Waals surface area contributed by atoms with Crippen molar-refractivity contribution in [3.05, 3.63) is 95.3 Å². The molecule has 2 aromatic carbocycles. The fourth-order valence-electron chi connectivity index (χ4n) is 4.13. The smallest absolute Gasteiger partial charge is 0.338 e. The Morgan fingerprint density at radius 2 is 1.53 bits per heavy atom. The van der Waals surface area contributed by atoms with E-state index in [4.69, 9.17) is 9.47 Å². The number of esters is 1. The van der Waals surface area contributed by atoms with Gasteiger partial charge in [0.05, 0.1) is 29.9 Å². The molecule has 4 rings (SSSR count). The average Bonchev–Trinajstić information content (AvgIpc) is 3.17. The van der Waals surface area contributed by atoms with Crippen molar-refractivity contribution >= 4 is 29.1 Å². The Labute approximate surface area is 221 Å². The van der Waals surface area contributed by atoms with Gasteiger partial charge in [-0.15, -0.1) is 0 Å². The number of hydrogen-bond acceptors (Lipinski definition) is 7. The van der Waals surface area contributed by atoms with Crippen molar-refractivity contribution in [1.82, 2.24) is 4.98 Å². The van der Waals surface area contributed by atoms with E-state index in [-0.39, 0.29) is 17.4 Å². The van der Waals surface area contributed by atoms with Crippen LogP contribution in [0.2, 0.25) is 0 Å². The maximum Gasteiger partial charge on any atom is 0.338 e. The quantitative estimate of drug-likeness (QED) is 0.188. The van der Waals surface area contributed by atoms with Crippen molar-refractivity contribution in [2.45, 2.75) is 39.8 Å². The second-order valence-electron chi connectivity index (χ2n) is 9.68. The van der Waals surface area contributed by atoms with Gasteiger partial charge >= 0.3 is 5.97 Å². The van der Waals surface area contributed by atoms with E-state index in [2.05, 4.69) is 4.98 Å². The lowest BCUT2D eigenvalue weighted by Crippen LogP contribution is -2.29. The van der Waals surface area contributed by atoms with Crippen LogP contribution in [-0.2, 0) is 14.3 Å². The molecule has 1 N–H and O–H groups in total. The van der Waals surface area contributed by atoms with Gasteiger partial charge in [-0.05, 0) is 86.0 Å². The number of ether oxygens (including phenoxy) is 2. The number of amides is 1. The molecule has 38 heavy (non-hydrogen) atoms. The van der Waals surface area contributed by atoms with E-state index in [1.807, 2.05) is 13.8 Å². The normalized spacial score (nSPS) is 16.8. The Morgan fingerprint density at radius 1 is 0.921 bits per heavy atom. The van der Waals surface area contributed by atoms with E-state index < -0.39 is 23.7 Å². The summed E-state index contributed by atoms with van der Waals surface area (Å²) in [6, 6.07) is 15.4. The molecule has 8 heteroatoms. The van der Waals surface area contributed by atoms with E-state index in [1.165, 1.54) is 4.90 Å². The summed E-state index contributed by atoms with van der Waals surface area (Å²) in [5, 5.41) is 11.3. The fourth-order valence-corrected chi connectivity index (χ4v) is 4.13. The minimum Gasteiger partial charge on any atom is -0.507 e. The monoisotopic (exact) mass is 514 g/mol. The molecule has 1 aromatic heterocycles. The lowest BCUT2D eigenvalue weighted by atomic mass is 9.95. The van der Waals surface area contributed by atoms with Gasteiger partial charge in [-0.25, -0.2) is 4.79 Å². The average molecular weight is 515 g/mol. The van der Waals surface area contributed by atoms with Gasteiger partial charge in [0.15, 0.2) is 0 Å². The number of Topliss-reactive ketones (excluding diaryl/α,β-unsaturated/α-hetero) is 1. The SMILES string of the molecule is CC(C)COc1ccc(/C(O)=C2\C(=O)C(=O)N(c3ccc(C(=O)OC(C)C)cc3)C2c2ccncc2)cc1. The van der Waals surface area contributed by atoms with Crippen LogP contribution in [0.5, 0.6) is 5.75 Å². The standard InChI is InChI=1S/C30H30N2O6/c1-18(2)17-37-24-11-7-21(8-12-24)27(33)25-26(20-13-15-31-16-14-20)32(29(35)28(25)34)23-9-5-22(6-10-23)30(36)38-19(3)4/h5-16,18-19,26,33H,17H2,1-4H3/b27-25+. The van der Waals surface area contributed by atoms with Crippen molar-refractivity contribution < 1.29 is 29.0 Å². The first-order chi connectivity index (χ1) is 18.2. The third kappa shape index (κ3) is 5.59. The van der Waals surface area contributed by atoms with Crippen molar-refractivity contribution in [2.24, 2.45) is 5.92 Å². The molecule has 1 saturated heterocycles. The maximum absolute atomic E-state index is 13.3. The number of aliphatic hydroxyl groups is 1. The third-order valence-electron chi connectivity index (χ3n) is 5.90. The van der Waals surface area contributed by atoms with Gasteiger partial charge in [-0.2, -0.15) is 0 Å². The van der Waals surface area contributed by atoms with Crippen LogP contribution in [0.15, 0.2) is 78.6 Å². The number of rotatable bonds is 8. The Morgan fingerprint density at radius 3 is 2.11 bits per heavy atom. The van der Waals surface area contributed by atoms with Crippen LogP contribution in [0, 0.1) is 5.92 Å². The van der Waals surface area contributed by atoms with Crippen LogP contribution in [0.1, 0.15) is 55.2 Å². The molecule has 2 heterocycles. The molecule has 1 aliphatic rings. The molecule has 1 atom stereocenters. The highest BCUT2D eigenvalue weighted by atomic mass is 16.5. The van der Waals surface area contributed by atoms with Crippen molar-refractivity contribution in [1.29, 1.82) is 0 Å². The largest absolute Gasteiger partial charge is 0.507 e. The second kappa shape index (κ2) is 11.3. The molecular weight excluding hydrogens is 484 g/mol. The maximum atomic E-state index is 13.3. The summed E-state index contributed by atoms with van der Waals surface area (Å²) in [5.41, 5.74) is 1.65. The number of carbonyl (C=O) groups excluding carboxylic acids is 3. The Bertz CT molecular complexity index is 1350. The van der Waals surface area contributed by atoms with Crippen LogP contribution in [0.25, 0.3) is 5.76 Å². The van der Waals surface area contributed by atoms with Gasteiger partial charge < -0.3 is 14.6 Å². The van der Waals surface area contributed by atoms with Crippen LogP contribution in [0.4, 0.5) is 5.69 Å². The van der Waals surface area contributed by atoms with E-state index in [0.717, 1.165) is 0 Å². The van der Waals surface area contributed by atoms with E-state index >= 15 is 0 Å². The van der Waals surface area contributed by atoms with Gasteiger partial charge in [0.1, 0.15) is 11.5 Å². The zero-order valence-electron chi connectivity index (χ0n) is 21.8. The third-order valence-corrected chi connectivity index (χ3v) is 5.90. The molecule has 1 fully saturated rings. The lowest BCUT2D eigenvalue weighted by Gasteiger charge is -2.25. The fraction of sp³-hybridized carbons (Fsp3) is 0.267. The molecule has 3 aromatic rings. The number of carbonyl (C=O) groups is 3. The van der Waals surface area contributed by atoms with Crippen LogP contribution < -0.4 is 9.64 Å². The van der Waals surface area contributed by atoms with Crippen LogP contribution >= 0.6 is 0 Å².